The molecule has 1 aromatic carbocycles. The average Bonchev–Trinajstić information content (AvgIpc) is 3.57. The Bertz CT molecular complexity index is 1470. The Kier molecular flexibility index (Phi) is 8.06. The second-order valence-electron chi connectivity index (χ2n) is 10.2. The second-order valence-corrected chi connectivity index (χ2v) is 13.0. The minimum Gasteiger partial charge on any atom is -0.399 e. The number of hydrogen-bond acceptors (Lipinski definition) is 9. The number of hydrogen-bond donors (Lipinski definition) is 2. The number of amides is 2. The van der Waals surface area contributed by atoms with Gasteiger partial charge in [-0.1, -0.05) is 24.3 Å². The first kappa shape index (κ1) is 29.0. The van der Waals surface area contributed by atoms with E-state index in [1.165, 1.54) is 36.9 Å². The molecule has 1 fully saturated rings. The number of aromatic nitrogens is 2. The van der Waals surface area contributed by atoms with Crippen molar-refractivity contribution in [1.82, 2.24) is 14.3 Å². The SMILES string of the molecule is COC[C@H](NC(=O)c1ccn(S(C)(=O)=O)c1)C(=O)Nc1nc(-c2cccc(B3OC(C)(C)C(C)(C)O3)c2)cs1. The zero-order valence-corrected chi connectivity index (χ0v) is 24.2. The lowest BCUT2D eigenvalue weighted by Crippen LogP contribution is -2.46. The van der Waals surface area contributed by atoms with E-state index >= 15 is 0 Å². The molecule has 0 radical (unpaired) electrons. The Hall–Kier alpha value is -3.04. The summed E-state index contributed by atoms with van der Waals surface area (Å²) in [5.41, 5.74) is 1.51. The van der Waals surface area contributed by atoms with E-state index in [4.69, 9.17) is 14.0 Å². The second kappa shape index (κ2) is 10.9. The van der Waals surface area contributed by atoms with Gasteiger partial charge in [0.25, 0.3) is 11.8 Å². The highest BCUT2D eigenvalue weighted by atomic mass is 32.2. The molecule has 11 nitrogen and oxygen atoms in total. The molecule has 1 aliphatic heterocycles. The van der Waals surface area contributed by atoms with E-state index in [0.717, 1.165) is 21.3 Å². The monoisotopic (exact) mass is 574 g/mol. The number of nitrogens with zero attached hydrogens (tertiary/aromatic N) is 2. The number of anilines is 1. The summed E-state index contributed by atoms with van der Waals surface area (Å²) < 4.78 is 41.7. The topological polar surface area (TPSA) is 138 Å². The van der Waals surface area contributed by atoms with Crippen molar-refractivity contribution in [3.63, 3.8) is 0 Å². The molecule has 2 amide bonds. The third-order valence-electron chi connectivity index (χ3n) is 6.71. The van der Waals surface area contributed by atoms with E-state index < -0.39 is 46.2 Å². The minimum absolute atomic E-state index is 0.0905. The molecule has 1 aliphatic rings. The van der Waals surface area contributed by atoms with Crippen LogP contribution in [0.3, 0.4) is 0 Å². The van der Waals surface area contributed by atoms with Crippen LogP contribution in [-0.2, 0) is 28.9 Å². The van der Waals surface area contributed by atoms with E-state index in [2.05, 4.69) is 15.6 Å². The molecule has 0 unspecified atom stereocenters. The molecule has 0 aliphatic carbocycles. The molecular formula is C25H31BN4O7S2. The molecule has 1 atom stereocenters. The number of rotatable bonds is 9. The predicted molar refractivity (Wildman–Crippen MR) is 150 cm³/mol. The van der Waals surface area contributed by atoms with E-state index in [0.29, 0.717) is 10.8 Å². The normalized spacial score (nSPS) is 17.1. The van der Waals surface area contributed by atoms with Gasteiger partial charge in [-0.25, -0.2) is 13.4 Å². The maximum Gasteiger partial charge on any atom is 0.494 e. The molecule has 2 aromatic heterocycles. The van der Waals surface area contributed by atoms with Gasteiger partial charge in [0, 0.05) is 30.4 Å². The smallest absolute Gasteiger partial charge is 0.399 e. The highest BCUT2D eigenvalue weighted by Gasteiger charge is 2.51. The van der Waals surface area contributed by atoms with Crippen molar-refractivity contribution >= 4 is 50.9 Å². The molecule has 4 rings (SSSR count). The molecule has 3 aromatic rings. The van der Waals surface area contributed by atoms with Gasteiger partial charge in [0.15, 0.2) is 5.13 Å². The Morgan fingerprint density at radius 1 is 1.18 bits per heavy atom. The standard InChI is InChI=1S/C25H31BN4O7S2/c1-24(2)25(3,4)37-26(36-24)18-9-7-8-16(12-18)20-15-38-23(28-20)29-22(32)19(14-35-5)27-21(31)17-10-11-30(13-17)39(6,33)34/h7-13,15,19H,14H2,1-6H3,(H,27,31)(H,28,29,32)/t19-/m0/s1. The van der Waals surface area contributed by atoms with Gasteiger partial charge in [0.2, 0.25) is 10.0 Å². The largest absolute Gasteiger partial charge is 0.494 e. The molecule has 39 heavy (non-hydrogen) atoms. The van der Waals surface area contributed by atoms with Crippen LogP contribution >= 0.6 is 11.3 Å². The third-order valence-corrected chi connectivity index (χ3v) is 8.46. The van der Waals surface area contributed by atoms with E-state index in [1.54, 1.807) is 0 Å². The molecular weight excluding hydrogens is 543 g/mol. The lowest BCUT2D eigenvalue weighted by atomic mass is 9.78. The number of benzene rings is 1. The number of ether oxygens (including phenoxy) is 1. The van der Waals surface area contributed by atoms with Gasteiger partial charge < -0.3 is 24.7 Å². The van der Waals surface area contributed by atoms with Crippen molar-refractivity contribution in [2.24, 2.45) is 0 Å². The zero-order valence-electron chi connectivity index (χ0n) is 22.5. The summed E-state index contributed by atoms with van der Waals surface area (Å²) in [6, 6.07) is 7.99. The summed E-state index contributed by atoms with van der Waals surface area (Å²) in [7, 11) is -2.65. The minimum atomic E-state index is -3.54. The van der Waals surface area contributed by atoms with Crippen molar-refractivity contribution in [2.75, 3.05) is 25.3 Å². The Morgan fingerprint density at radius 2 is 1.87 bits per heavy atom. The first-order valence-electron chi connectivity index (χ1n) is 12.1. The van der Waals surface area contributed by atoms with Gasteiger partial charge in [-0.3, -0.25) is 13.6 Å². The summed E-state index contributed by atoms with van der Waals surface area (Å²) in [5.74, 6) is -1.14. The molecule has 0 spiro atoms. The molecule has 0 saturated carbocycles. The fourth-order valence-electron chi connectivity index (χ4n) is 3.79. The fourth-order valence-corrected chi connectivity index (χ4v) is 5.10. The molecule has 3 heterocycles. The summed E-state index contributed by atoms with van der Waals surface area (Å²) in [6.07, 6.45) is 3.46. The third kappa shape index (κ3) is 6.41. The van der Waals surface area contributed by atoms with Crippen LogP contribution in [0.5, 0.6) is 0 Å². The Labute approximate surface area is 232 Å². The number of carbonyl (C=O) groups excluding carboxylic acids is 2. The lowest BCUT2D eigenvalue weighted by Gasteiger charge is -2.32. The number of methoxy groups -OCH3 is 1. The first-order valence-corrected chi connectivity index (χ1v) is 14.8. The van der Waals surface area contributed by atoms with Crippen molar-refractivity contribution in [2.45, 2.75) is 44.9 Å². The van der Waals surface area contributed by atoms with Gasteiger partial charge in [-0.2, -0.15) is 0 Å². The Morgan fingerprint density at radius 3 is 2.49 bits per heavy atom. The lowest BCUT2D eigenvalue weighted by molar-refractivity contribution is -0.119. The highest BCUT2D eigenvalue weighted by Crippen LogP contribution is 2.36. The van der Waals surface area contributed by atoms with Gasteiger partial charge in [0.05, 0.1) is 35.3 Å². The number of thiazole rings is 1. The maximum atomic E-state index is 13.0. The summed E-state index contributed by atoms with van der Waals surface area (Å²) in [5, 5.41) is 7.45. The van der Waals surface area contributed by atoms with Crippen LogP contribution in [0.15, 0.2) is 48.1 Å². The Balaban J connectivity index is 1.44. The molecule has 2 N–H and O–H groups in total. The van der Waals surface area contributed by atoms with Crippen LogP contribution in [0.2, 0.25) is 0 Å². The van der Waals surface area contributed by atoms with Gasteiger partial charge in [-0.05, 0) is 39.2 Å². The average molecular weight is 574 g/mol. The van der Waals surface area contributed by atoms with Gasteiger partial charge in [-0.15, -0.1) is 11.3 Å². The zero-order chi connectivity index (χ0) is 28.6. The maximum absolute atomic E-state index is 13.0. The quantitative estimate of drug-likeness (QED) is 0.371. The summed E-state index contributed by atoms with van der Waals surface area (Å²) in [6.45, 7) is 7.89. The summed E-state index contributed by atoms with van der Waals surface area (Å²) in [4.78, 5) is 30.1. The molecule has 0 bridgehead atoms. The first-order chi connectivity index (χ1) is 18.2. The molecule has 208 valence electrons. The van der Waals surface area contributed by atoms with Crippen LogP contribution < -0.4 is 16.1 Å². The van der Waals surface area contributed by atoms with Crippen molar-refractivity contribution in [1.29, 1.82) is 0 Å². The molecule has 14 heteroatoms. The fraction of sp³-hybridized carbons (Fsp3) is 0.400. The molecule has 1 saturated heterocycles. The van der Waals surface area contributed by atoms with Crippen LogP contribution in [0.1, 0.15) is 38.1 Å². The highest BCUT2D eigenvalue weighted by molar-refractivity contribution is 7.89. The van der Waals surface area contributed by atoms with Crippen LogP contribution in [-0.4, -0.2) is 73.5 Å². The number of carbonyl (C=O) groups is 2. The van der Waals surface area contributed by atoms with Crippen LogP contribution in [0, 0.1) is 0 Å². The van der Waals surface area contributed by atoms with Crippen molar-refractivity contribution < 1.29 is 32.1 Å². The predicted octanol–water partition coefficient (Wildman–Crippen LogP) is 2.10. The van der Waals surface area contributed by atoms with Crippen molar-refractivity contribution in [3.8, 4) is 11.3 Å². The van der Waals surface area contributed by atoms with Gasteiger partial charge >= 0.3 is 7.12 Å². The van der Waals surface area contributed by atoms with Crippen LogP contribution in [0.4, 0.5) is 5.13 Å². The number of nitrogens with one attached hydrogen (secondary N) is 2. The van der Waals surface area contributed by atoms with Crippen LogP contribution in [0.25, 0.3) is 11.3 Å². The van der Waals surface area contributed by atoms with E-state index in [-0.39, 0.29) is 12.2 Å². The van der Waals surface area contributed by atoms with Gasteiger partial charge in [0.1, 0.15) is 6.04 Å². The van der Waals surface area contributed by atoms with Crippen molar-refractivity contribution in [3.05, 3.63) is 53.7 Å². The van der Waals surface area contributed by atoms with E-state index in [1.807, 2.05) is 57.3 Å². The van der Waals surface area contributed by atoms with E-state index in [9.17, 15) is 18.0 Å². The summed E-state index contributed by atoms with van der Waals surface area (Å²) >= 11 is 1.24.